The van der Waals surface area contributed by atoms with Crippen LogP contribution in [-0.2, 0) is 0 Å². The molecular weight excluding hydrogens is 108 g/mol. The Morgan fingerprint density at radius 1 is 1.78 bits per heavy atom. The molecule has 0 aliphatic heterocycles. The van der Waals surface area contributed by atoms with E-state index in [4.69, 9.17) is 0 Å². The van der Waals surface area contributed by atoms with Gasteiger partial charge in [0.1, 0.15) is 0 Å². The fourth-order valence-electron chi connectivity index (χ4n) is 0.816. The Morgan fingerprint density at radius 3 is 2.89 bits per heavy atom. The number of hydrogen-bond acceptors (Lipinski definition) is 0. The second kappa shape index (κ2) is 2.55. The van der Waals surface area contributed by atoms with Crippen LogP contribution in [0.3, 0.4) is 0 Å². The zero-order valence-electron chi connectivity index (χ0n) is 5.70. The number of rotatable bonds is 1. The number of allylic oxidation sites excluding steroid dienone is 3. The minimum absolute atomic E-state index is 0.999. The quantitative estimate of drug-likeness (QED) is 0.463. The summed E-state index contributed by atoms with van der Waals surface area (Å²) >= 11 is 0. The average molecular weight is 118 g/mol. The topological polar surface area (TPSA) is 0 Å². The van der Waals surface area contributed by atoms with E-state index in [9.17, 15) is 0 Å². The summed E-state index contributed by atoms with van der Waals surface area (Å²) in [6.45, 7) is 5.87. The molecule has 0 N–H and O–H groups in total. The lowest BCUT2D eigenvalue weighted by Gasteiger charge is -2.03. The predicted molar refractivity (Wildman–Crippen MR) is 39.9 cm³/mol. The summed E-state index contributed by atoms with van der Waals surface area (Å²) in [5.41, 5.74) is 2.47. The van der Waals surface area contributed by atoms with E-state index in [1.54, 1.807) is 0 Å². The van der Waals surface area contributed by atoms with Gasteiger partial charge in [0.2, 0.25) is 0 Å². The molecule has 0 spiro atoms. The monoisotopic (exact) mass is 118 g/mol. The molecule has 0 heterocycles. The molecule has 0 heteroatoms. The van der Waals surface area contributed by atoms with Gasteiger partial charge in [0, 0.05) is 6.42 Å². The summed E-state index contributed by atoms with van der Waals surface area (Å²) in [7, 11) is 0. The van der Waals surface area contributed by atoms with Gasteiger partial charge in [-0.3, -0.25) is 0 Å². The lowest BCUT2D eigenvalue weighted by atomic mass is 10.0. The maximum atomic E-state index is 3.84. The van der Waals surface area contributed by atoms with Crippen molar-refractivity contribution in [3.05, 3.63) is 23.8 Å². The first kappa shape index (κ1) is 6.16. The zero-order valence-corrected chi connectivity index (χ0v) is 5.70. The van der Waals surface area contributed by atoms with Crippen LogP contribution < -0.4 is 0 Å². The van der Waals surface area contributed by atoms with Crippen molar-refractivity contribution >= 4 is 0 Å². The van der Waals surface area contributed by atoms with Crippen LogP contribution in [0.4, 0.5) is 0 Å². The first-order chi connectivity index (χ1) is 4.30. The van der Waals surface area contributed by atoms with Crippen LogP contribution in [0.1, 0.15) is 19.8 Å². The van der Waals surface area contributed by atoms with Crippen LogP contribution in [0.15, 0.2) is 23.8 Å². The van der Waals surface area contributed by atoms with Crippen molar-refractivity contribution in [3.8, 4) is 11.8 Å². The Morgan fingerprint density at radius 2 is 2.56 bits per heavy atom. The molecule has 0 saturated heterocycles. The third-order valence-corrected chi connectivity index (χ3v) is 1.42. The Labute approximate surface area is 56.3 Å². The van der Waals surface area contributed by atoms with Gasteiger partial charge < -0.3 is 0 Å². The fraction of sp³-hybridized carbons (Fsp3) is 0.333. The molecule has 1 aliphatic rings. The van der Waals surface area contributed by atoms with Crippen molar-refractivity contribution in [2.24, 2.45) is 0 Å². The Kier molecular flexibility index (Phi) is 1.75. The summed E-state index contributed by atoms with van der Waals surface area (Å²) in [5, 5.41) is 0. The molecule has 9 heavy (non-hydrogen) atoms. The third-order valence-electron chi connectivity index (χ3n) is 1.42. The molecule has 0 bridgehead atoms. The molecule has 46 valence electrons. The Balaban J connectivity index is 2.74. The minimum Gasteiger partial charge on any atom is -0.0982 e. The van der Waals surface area contributed by atoms with E-state index in [2.05, 4.69) is 18.4 Å². The molecule has 0 amide bonds. The molecule has 0 aromatic carbocycles. The van der Waals surface area contributed by atoms with Crippen molar-refractivity contribution < 1.29 is 0 Å². The molecule has 0 atom stereocenters. The van der Waals surface area contributed by atoms with Crippen molar-refractivity contribution in [1.29, 1.82) is 0 Å². The molecule has 1 aliphatic carbocycles. The highest BCUT2D eigenvalue weighted by Crippen LogP contribution is 2.14. The maximum absolute atomic E-state index is 3.84. The smallest absolute Gasteiger partial charge is 0.0133 e. The lowest BCUT2D eigenvalue weighted by molar-refractivity contribution is 1.00. The zero-order chi connectivity index (χ0) is 6.69. The van der Waals surface area contributed by atoms with Crippen LogP contribution in [0, 0.1) is 11.8 Å². The highest BCUT2D eigenvalue weighted by atomic mass is 14.0. The second-order valence-corrected chi connectivity index (χ2v) is 2.27. The molecule has 0 radical (unpaired) electrons. The van der Waals surface area contributed by atoms with Crippen LogP contribution in [0.5, 0.6) is 0 Å². The molecule has 0 aromatic heterocycles. The average Bonchev–Trinajstić information content (AvgIpc) is 1.90. The van der Waals surface area contributed by atoms with Gasteiger partial charge in [0.05, 0.1) is 0 Å². The van der Waals surface area contributed by atoms with Crippen molar-refractivity contribution in [3.63, 3.8) is 0 Å². The van der Waals surface area contributed by atoms with E-state index in [0.29, 0.717) is 0 Å². The highest BCUT2D eigenvalue weighted by molar-refractivity contribution is 5.36. The first-order valence-corrected chi connectivity index (χ1v) is 3.14. The predicted octanol–water partition coefficient (Wildman–Crippen LogP) is 2.29. The van der Waals surface area contributed by atoms with E-state index in [1.165, 1.54) is 5.57 Å². The van der Waals surface area contributed by atoms with Gasteiger partial charge >= 0.3 is 0 Å². The SMILES string of the molecule is C=C(C)C1=CC#CCC1. The largest absolute Gasteiger partial charge is 0.0982 e. The molecule has 0 saturated carbocycles. The van der Waals surface area contributed by atoms with E-state index >= 15 is 0 Å². The van der Waals surface area contributed by atoms with Gasteiger partial charge in [0.25, 0.3) is 0 Å². The normalized spacial score (nSPS) is 15.4. The van der Waals surface area contributed by atoms with Gasteiger partial charge in [-0.2, -0.15) is 0 Å². The van der Waals surface area contributed by atoms with Gasteiger partial charge in [0.15, 0.2) is 0 Å². The lowest BCUT2D eigenvalue weighted by Crippen LogP contribution is -1.86. The highest BCUT2D eigenvalue weighted by Gasteiger charge is 1.97. The molecule has 0 unspecified atom stereocenters. The van der Waals surface area contributed by atoms with Crippen molar-refractivity contribution in [2.45, 2.75) is 19.8 Å². The van der Waals surface area contributed by atoms with E-state index in [-0.39, 0.29) is 0 Å². The van der Waals surface area contributed by atoms with Crippen molar-refractivity contribution in [2.75, 3.05) is 0 Å². The Hall–Kier alpha value is -0.960. The summed E-state index contributed by atoms with van der Waals surface area (Å²) < 4.78 is 0. The van der Waals surface area contributed by atoms with Gasteiger partial charge in [-0.1, -0.05) is 24.0 Å². The maximum Gasteiger partial charge on any atom is 0.0133 e. The standard InChI is InChI=1S/C9H10/c1-8(2)9-6-4-3-5-7-9/h7H,1,4,6H2,2H3. The van der Waals surface area contributed by atoms with E-state index in [1.807, 2.05) is 13.0 Å². The first-order valence-electron chi connectivity index (χ1n) is 3.14. The van der Waals surface area contributed by atoms with Gasteiger partial charge in [-0.15, -0.1) is 0 Å². The van der Waals surface area contributed by atoms with Crippen LogP contribution in [-0.4, -0.2) is 0 Å². The molecule has 0 aromatic rings. The van der Waals surface area contributed by atoms with E-state index < -0.39 is 0 Å². The van der Waals surface area contributed by atoms with Crippen LogP contribution in [0.2, 0.25) is 0 Å². The van der Waals surface area contributed by atoms with Crippen LogP contribution in [0.25, 0.3) is 0 Å². The number of hydrogen-bond donors (Lipinski definition) is 0. The molecule has 0 nitrogen and oxygen atoms in total. The summed E-state index contributed by atoms with van der Waals surface area (Å²) in [5.74, 6) is 5.95. The van der Waals surface area contributed by atoms with Gasteiger partial charge in [-0.05, 0) is 25.0 Å². The Bertz CT molecular complexity index is 208. The summed E-state index contributed by atoms with van der Waals surface area (Å²) in [6, 6.07) is 0. The minimum atomic E-state index is 0.999. The molecular formula is C9H10. The summed E-state index contributed by atoms with van der Waals surface area (Å²) in [4.78, 5) is 0. The second-order valence-electron chi connectivity index (χ2n) is 2.27. The van der Waals surface area contributed by atoms with Crippen LogP contribution >= 0.6 is 0 Å². The fourth-order valence-corrected chi connectivity index (χ4v) is 0.816. The van der Waals surface area contributed by atoms with Crippen molar-refractivity contribution in [1.82, 2.24) is 0 Å². The third kappa shape index (κ3) is 1.47. The van der Waals surface area contributed by atoms with Gasteiger partial charge in [-0.25, -0.2) is 0 Å². The molecule has 1 rings (SSSR count). The molecule has 0 fully saturated rings. The van der Waals surface area contributed by atoms with E-state index in [0.717, 1.165) is 18.4 Å². The summed E-state index contributed by atoms with van der Waals surface area (Å²) in [6.07, 6.45) is 4.05.